The Hall–Kier alpha value is -2.29. The van der Waals surface area contributed by atoms with Gasteiger partial charge in [-0.05, 0) is 68.1 Å². The van der Waals surface area contributed by atoms with Gasteiger partial charge in [-0.2, -0.15) is 0 Å². The van der Waals surface area contributed by atoms with Crippen LogP contribution in [0.1, 0.15) is 49.0 Å². The molecule has 8 heteroatoms. The van der Waals surface area contributed by atoms with Gasteiger partial charge in [0.1, 0.15) is 5.82 Å². The fourth-order valence-electron chi connectivity index (χ4n) is 3.69. The fourth-order valence-corrected chi connectivity index (χ4v) is 5.01. The lowest BCUT2D eigenvalue weighted by Crippen LogP contribution is -2.44. The van der Waals surface area contributed by atoms with Crippen molar-refractivity contribution in [2.75, 3.05) is 19.8 Å². The predicted molar refractivity (Wildman–Crippen MR) is 117 cm³/mol. The van der Waals surface area contributed by atoms with Crippen LogP contribution in [0.15, 0.2) is 53.4 Å². The summed E-state index contributed by atoms with van der Waals surface area (Å²) in [6.07, 6.45) is 2.12. The average molecular weight is 449 g/mol. The molecular formula is C23H29FN2O4S. The lowest BCUT2D eigenvalue weighted by atomic mass is 9.74. The molecule has 0 spiro atoms. The summed E-state index contributed by atoms with van der Waals surface area (Å²) < 4.78 is 46.2. The van der Waals surface area contributed by atoms with Gasteiger partial charge in [0.2, 0.25) is 10.0 Å². The Labute approximate surface area is 183 Å². The van der Waals surface area contributed by atoms with Crippen molar-refractivity contribution in [3.63, 3.8) is 0 Å². The van der Waals surface area contributed by atoms with Crippen molar-refractivity contribution < 1.29 is 22.3 Å². The fraction of sp³-hybridized carbons (Fsp3) is 0.435. The van der Waals surface area contributed by atoms with E-state index in [1.807, 2.05) is 6.92 Å². The van der Waals surface area contributed by atoms with E-state index in [0.29, 0.717) is 31.7 Å². The molecule has 6 nitrogen and oxygen atoms in total. The maximum atomic E-state index is 13.4. The van der Waals surface area contributed by atoms with Crippen molar-refractivity contribution >= 4 is 15.9 Å². The van der Waals surface area contributed by atoms with E-state index in [1.54, 1.807) is 19.1 Å². The number of hydrogen-bond donors (Lipinski definition) is 2. The van der Waals surface area contributed by atoms with Crippen LogP contribution in [0.3, 0.4) is 0 Å². The van der Waals surface area contributed by atoms with E-state index in [9.17, 15) is 17.6 Å². The summed E-state index contributed by atoms with van der Waals surface area (Å²) in [6, 6.07) is 12.1. The summed E-state index contributed by atoms with van der Waals surface area (Å²) in [7, 11) is -3.62. The number of amides is 1. The van der Waals surface area contributed by atoms with Crippen molar-refractivity contribution in [3.8, 4) is 0 Å². The van der Waals surface area contributed by atoms with Crippen LogP contribution in [-0.4, -0.2) is 40.1 Å². The summed E-state index contributed by atoms with van der Waals surface area (Å²) in [5.74, 6) is -0.584. The number of sulfonamides is 1. The van der Waals surface area contributed by atoms with Gasteiger partial charge in [-0.25, -0.2) is 17.5 Å². The van der Waals surface area contributed by atoms with E-state index in [4.69, 9.17) is 4.74 Å². The van der Waals surface area contributed by atoms with Crippen LogP contribution in [0.4, 0.5) is 4.39 Å². The van der Waals surface area contributed by atoms with Gasteiger partial charge in [0.15, 0.2) is 0 Å². The van der Waals surface area contributed by atoms with Gasteiger partial charge >= 0.3 is 0 Å². The number of carbonyl (C=O) groups excluding carboxylic acids is 1. The summed E-state index contributed by atoms with van der Waals surface area (Å²) in [6.45, 7) is 5.23. The van der Waals surface area contributed by atoms with Gasteiger partial charge < -0.3 is 10.1 Å². The van der Waals surface area contributed by atoms with E-state index in [0.717, 1.165) is 18.4 Å². The first-order valence-electron chi connectivity index (χ1n) is 10.5. The number of hydrogen-bond acceptors (Lipinski definition) is 4. The molecule has 1 saturated heterocycles. The molecule has 1 heterocycles. The Morgan fingerprint density at radius 2 is 1.71 bits per heavy atom. The largest absolute Gasteiger partial charge is 0.381 e. The van der Waals surface area contributed by atoms with Crippen LogP contribution < -0.4 is 10.0 Å². The topological polar surface area (TPSA) is 84.5 Å². The number of carbonyl (C=O) groups is 1. The van der Waals surface area contributed by atoms with Gasteiger partial charge in [0, 0.05) is 36.8 Å². The van der Waals surface area contributed by atoms with Crippen LogP contribution in [0, 0.1) is 5.82 Å². The van der Waals surface area contributed by atoms with Gasteiger partial charge in [0.25, 0.3) is 5.91 Å². The van der Waals surface area contributed by atoms with Crippen LogP contribution >= 0.6 is 0 Å². The molecule has 1 fully saturated rings. The van der Waals surface area contributed by atoms with Crippen molar-refractivity contribution in [1.29, 1.82) is 0 Å². The molecule has 1 aliphatic rings. The molecule has 0 radical (unpaired) electrons. The molecule has 1 amide bonds. The monoisotopic (exact) mass is 448 g/mol. The number of benzene rings is 2. The average Bonchev–Trinajstić information content (AvgIpc) is 2.78. The second-order valence-electron chi connectivity index (χ2n) is 8.04. The molecule has 2 aromatic carbocycles. The highest BCUT2D eigenvalue weighted by molar-refractivity contribution is 7.89. The standard InChI is InChI=1S/C23H29FN2O4S/c1-3-17(2)26-31(28,29)21-10-4-18(5-11-21)22(27)25-16-23(12-14-30-15-13-23)19-6-8-20(24)9-7-19/h4-11,17,26H,3,12-16H2,1-2H3,(H,25,27). The zero-order valence-electron chi connectivity index (χ0n) is 17.9. The lowest BCUT2D eigenvalue weighted by molar-refractivity contribution is 0.0487. The maximum absolute atomic E-state index is 13.4. The Morgan fingerprint density at radius 3 is 2.29 bits per heavy atom. The third kappa shape index (κ3) is 5.70. The van der Waals surface area contributed by atoms with Crippen molar-refractivity contribution in [1.82, 2.24) is 10.0 Å². The Kier molecular flexibility index (Phi) is 7.46. The molecule has 31 heavy (non-hydrogen) atoms. The second-order valence-corrected chi connectivity index (χ2v) is 9.75. The quantitative estimate of drug-likeness (QED) is 0.648. The van der Waals surface area contributed by atoms with E-state index in [1.165, 1.54) is 36.4 Å². The smallest absolute Gasteiger partial charge is 0.251 e. The predicted octanol–water partition coefficient (Wildman–Crippen LogP) is 3.38. The highest BCUT2D eigenvalue weighted by Gasteiger charge is 2.35. The molecule has 168 valence electrons. The summed E-state index contributed by atoms with van der Waals surface area (Å²) in [5, 5.41) is 2.97. The molecule has 2 aromatic rings. The lowest BCUT2D eigenvalue weighted by Gasteiger charge is -2.38. The molecular weight excluding hydrogens is 419 g/mol. The molecule has 0 saturated carbocycles. The molecule has 2 N–H and O–H groups in total. The van der Waals surface area contributed by atoms with Gasteiger partial charge in [-0.1, -0.05) is 19.1 Å². The zero-order valence-corrected chi connectivity index (χ0v) is 18.7. The first-order chi connectivity index (χ1) is 14.8. The number of halogens is 1. The summed E-state index contributed by atoms with van der Waals surface area (Å²) >= 11 is 0. The Balaban J connectivity index is 1.71. The SMILES string of the molecule is CCC(C)NS(=O)(=O)c1ccc(C(=O)NCC2(c3ccc(F)cc3)CCOCC2)cc1. The minimum Gasteiger partial charge on any atom is -0.381 e. The second kappa shape index (κ2) is 9.89. The van der Waals surface area contributed by atoms with Crippen LogP contribution in [0.2, 0.25) is 0 Å². The molecule has 1 unspecified atom stereocenters. The summed E-state index contributed by atoms with van der Waals surface area (Å²) in [5.41, 5.74) is 1.02. The number of rotatable bonds is 8. The summed E-state index contributed by atoms with van der Waals surface area (Å²) in [4.78, 5) is 12.9. The minimum absolute atomic E-state index is 0.122. The first kappa shape index (κ1) is 23.4. The van der Waals surface area contributed by atoms with E-state index < -0.39 is 10.0 Å². The highest BCUT2D eigenvalue weighted by Crippen LogP contribution is 2.34. The third-order valence-electron chi connectivity index (χ3n) is 5.89. The van der Waals surface area contributed by atoms with E-state index >= 15 is 0 Å². The van der Waals surface area contributed by atoms with Crippen LogP contribution in [0.25, 0.3) is 0 Å². The third-order valence-corrected chi connectivity index (χ3v) is 7.49. The Morgan fingerprint density at radius 1 is 1.10 bits per heavy atom. The van der Waals surface area contributed by atoms with Crippen molar-refractivity contribution in [3.05, 3.63) is 65.5 Å². The number of nitrogens with one attached hydrogen (secondary N) is 2. The molecule has 0 aromatic heterocycles. The normalized spacial score (nSPS) is 17.1. The number of ether oxygens (including phenoxy) is 1. The van der Waals surface area contributed by atoms with Crippen molar-refractivity contribution in [2.45, 2.75) is 49.5 Å². The van der Waals surface area contributed by atoms with Gasteiger partial charge in [0.05, 0.1) is 4.90 Å². The molecule has 1 atom stereocenters. The van der Waals surface area contributed by atoms with Crippen molar-refractivity contribution in [2.24, 2.45) is 0 Å². The van der Waals surface area contributed by atoms with E-state index in [2.05, 4.69) is 10.0 Å². The van der Waals surface area contributed by atoms with Crippen LogP contribution in [0.5, 0.6) is 0 Å². The van der Waals surface area contributed by atoms with E-state index in [-0.39, 0.29) is 28.1 Å². The minimum atomic E-state index is -3.62. The molecule has 0 aliphatic carbocycles. The molecule has 1 aliphatic heterocycles. The van der Waals surface area contributed by atoms with Gasteiger partial charge in [-0.3, -0.25) is 4.79 Å². The van der Waals surface area contributed by atoms with Crippen LogP contribution in [-0.2, 0) is 20.2 Å². The zero-order chi connectivity index (χ0) is 22.5. The highest BCUT2D eigenvalue weighted by atomic mass is 32.2. The van der Waals surface area contributed by atoms with Gasteiger partial charge in [-0.15, -0.1) is 0 Å². The molecule has 3 rings (SSSR count). The Bertz CT molecular complexity index is 985. The first-order valence-corrected chi connectivity index (χ1v) is 12.0. The molecule has 0 bridgehead atoms. The maximum Gasteiger partial charge on any atom is 0.251 e.